The highest BCUT2D eigenvalue weighted by Crippen LogP contribution is 2.34. The zero-order valence-corrected chi connectivity index (χ0v) is 16.8. The predicted octanol–water partition coefficient (Wildman–Crippen LogP) is 2.71. The SMILES string of the molecule is CS(=O)(=O)c1ccncc1Nc1cc(-c2ccc(NN)c(N)c2)c2nccnc2c1. The molecule has 10 heteroatoms. The molecule has 4 aromatic rings. The quantitative estimate of drug-likeness (QED) is 0.217. The molecule has 0 bridgehead atoms. The molecule has 2 heterocycles. The van der Waals surface area contributed by atoms with Crippen LogP contribution in [0.1, 0.15) is 0 Å². The second kappa shape index (κ2) is 7.58. The van der Waals surface area contributed by atoms with E-state index in [9.17, 15) is 8.42 Å². The van der Waals surface area contributed by atoms with Crippen molar-refractivity contribution in [1.29, 1.82) is 0 Å². The fourth-order valence-corrected chi connectivity index (χ4v) is 3.99. The van der Waals surface area contributed by atoms with Crippen molar-refractivity contribution in [3.05, 3.63) is 61.2 Å². The van der Waals surface area contributed by atoms with Crippen LogP contribution in [0, 0.1) is 0 Å². The molecule has 0 amide bonds. The number of aromatic nitrogens is 3. The lowest BCUT2D eigenvalue weighted by molar-refractivity contribution is 0.602. The second-order valence-electron chi connectivity index (χ2n) is 6.66. The smallest absolute Gasteiger partial charge is 0.177 e. The zero-order chi connectivity index (χ0) is 21.3. The van der Waals surface area contributed by atoms with Gasteiger partial charge >= 0.3 is 0 Å². The summed E-state index contributed by atoms with van der Waals surface area (Å²) in [6.07, 6.45) is 7.27. The van der Waals surface area contributed by atoms with E-state index in [2.05, 4.69) is 25.7 Å². The van der Waals surface area contributed by atoms with Crippen LogP contribution >= 0.6 is 0 Å². The first kappa shape index (κ1) is 19.6. The number of benzene rings is 2. The van der Waals surface area contributed by atoms with Crippen LogP contribution in [0.2, 0.25) is 0 Å². The Morgan fingerprint density at radius 1 is 0.967 bits per heavy atom. The minimum absolute atomic E-state index is 0.154. The topological polar surface area (TPSA) is 149 Å². The van der Waals surface area contributed by atoms with Crippen LogP contribution in [0.4, 0.5) is 22.7 Å². The van der Waals surface area contributed by atoms with E-state index in [1.54, 1.807) is 30.6 Å². The van der Waals surface area contributed by atoms with Gasteiger partial charge in [0.1, 0.15) is 0 Å². The maximum Gasteiger partial charge on any atom is 0.177 e. The largest absolute Gasteiger partial charge is 0.397 e. The Hall–Kier alpha value is -3.76. The number of nitrogens with one attached hydrogen (secondary N) is 2. The summed E-state index contributed by atoms with van der Waals surface area (Å²) in [5.74, 6) is 5.47. The van der Waals surface area contributed by atoms with Gasteiger partial charge in [-0.05, 0) is 35.9 Å². The summed E-state index contributed by atoms with van der Waals surface area (Å²) < 4.78 is 24.2. The fourth-order valence-electron chi connectivity index (χ4n) is 3.18. The number of nitrogens with zero attached hydrogens (tertiary/aromatic N) is 3. The van der Waals surface area contributed by atoms with Gasteiger partial charge in [0.2, 0.25) is 0 Å². The van der Waals surface area contributed by atoms with E-state index in [1.165, 1.54) is 18.5 Å². The maximum absolute atomic E-state index is 12.1. The van der Waals surface area contributed by atoms with E-state index in [0.29, 0.717) is 33.8 Å². The van der Waals surface area contributed by atoms with Crippen LogP contribution in [0.3, 0.4) is 0 Å². The molecular formula is C20H19N7O2S. The normalized spacial score (nSPS) is 11.4. The van der Waals surface area contributed by atoms with Crippen LogP contribution in [0.5, 0.6) is 0 Å². The van der Waals surface area contributed by atoms with Gasteiger partial charge in [-0.2, -0.15) is 0 Å². The zero-order valence-electron chi connectivity index (χ0n) is 16.0. The number of sulfone groups is 1. The highest BCUT2D eigenvalue weighted by atomic mass is 32.2. The van der Waals surface area contributed by atoms with Gasteiger partial charge in [-0.15, -0.1) is 0 Å². The molecule has 0 unspecified atom stereocenters. The van der Waals surface area contributed by atoms with Crippen LogP contribution < -0.4 is 22.3 Å². The molecule has 0 radical (unpaired) electrons. The number of hydrazine groups is 1. The molecule has 0 atom stereocenters. The van der Waals surface area contributed by atoms with Gasteiger partial charge in [-0.25, -0.2) is 8.42 Å². The molecule has 152 valence electrons. The van der Waals surface area contributed by atoms with Crippen LogP contribution in [0.15, 0.2) is 66.1 Å². The lowest BCUT2D eigenvalue weighted by atomic mass is 10.0. The molecule has 30 heavy (non-hydrogen) atoms. The third kappa shape index (κ3) is 3.73. The van der Waals surface area contributed by atoms with E-state index < -0.39 is 9.84 Å². The number of anilines is 4. The Bertz CT molecular complexity index is 1360. The maximum atomic E-state index is 12.1. The summed E-state index contributed by atoms with van der Waals surface area (Å²) in [5.41, 5.74) is 13.6. The number of hydrogen-bond donors (Lipinski definition) is 4. The summed E-state index contributed by atoms with van der Waals surface area (Å²) >= 11 is 0. The lowest BCUT2D eigenvalue weighted by Crippen LogP contribution is -2.08. The van der Waals surface area contributed by atoms with Gasteiger partial charge in [0.25, 0.3) is 0 Å². The van der Waals surface area contributed by atoms with Crippen LogP contribution in [-0.4, -0.2) is 29.6 Å². The average molecular weight is 421 g/mol. The number of hydrogen-bond acceptors (Lipinski definition) is 9. The summed E-state index contributed by atoms with van der Waals surface area (Å²) in [6.45, 7) is 0. The summed E-state index contributed by atoms with van der Waals surface area (Å²) in [6, 6.07) is 10.5. The highest BCUT2D eigenvalue weighted by molar-refractivity contribution is 7.90. The first-order valence-corrected chi connectivity index (χ1v) is 10.8. The van der Waals surface area contributed by atoms with Crippen molar-refractivity contribution in [2.75, 3.05) is 22.7 Å². The van der Waals surface area contributed by atoms with Gasteiger partial charge in [0.05, 0.1) is 39.2 Å². The molecule has 0 aliphatic carbocycles. The number of nitrogens with two attached hydrogens (primary N) is 2. The molecule has 4 rings (SSSR count). The van der Waals surface area contributed by atoms with Crippen molar-refractivity contribution in [2.24, 2.45) is 5.84 Å². The number of nitrogen functional groups attached to an aromatic ring is 2. The first-order valence-electron chi connectivity index (χ1n) is 8.89. The summed E-state index contributed by atoms with van der Waals surface area (Å²) in [7, 11) is -3.44. The molecule has 0 aliphatic heterocycles. The van der Waals surface area contributed by atoms with E-state index >= 15 is 0 Å². The van der Waals surface area contributed by atoms with Crippen LogP contribution in [0.25, 0.3) is 22.2 Å². The average Bonchev–Trinajstić information content (AvgIpc) is 2.73. The van der Waals surface area contributed by atoms with Gasteiger partial charge < -0.3 is 16.5 Å². The van der Waals surface area contributed by atoms with Crippen molar-refractivity contribution >= 4 is 43.6 Å². The molecule has 0 saturated carbocycles. The third-order valence-electron chi connectivity index (χ3n) is 4.55. The van der Waals surface area contributed by atoms with E-state index in [0.717, 1.165) is 17.4 Å². The van der Waals surface area contributed by atoms with Crippen molar-refractivity contribution < 1.29 is 8.42 Å². The minimum atomic E-state index is -3.44. The Kier molecular flexibility index (Phi) is 4.94. The Labute approximate surface area is 173 Å². The fraction of sp³-hybridized carbons (Fsp3) is 0.0500. The van der Waals surface area contributed by atoms with E-state index in [-0.39, 0.29) is 4.90 Å². The number of fused-ring (bicyclic) bond motifs is 1. The molecule has 0 spiro atoms. The summed E-state index contributed by atoms with van der Waals surface area (Å²) in [4.78, 5) is 13.0. The van der Waals surface area contributed by atoms with E-state index in [1.807, 2.05) is 12.1 Å². The highest BCUT2D eigenvalue weighted by Gasteiger charge is 2.15. The van der Waals surface area contributed by atoms with Crippen LogP contribution in [-0.2, 0) is 9.84 Å². The molecule has 6 N–H and O–H groups in total. The minimum Gasteiger partial charge on any atom is -0.397 e. The molecule has 2 aromatic heterocycles. The van der Waals surface area contributed by atoms with Gasteiger partial charge in [0, 0.05) is 36.1 Å². The van der Waals surface area contributed by atoms with Gasteiger partial charge in [-0.3, -0.25) is 20.8 Å². The van der Waals surface area contributed by atoms with Crippen molar-refractivity contribution in [3.63, 3.8) is 0 Å². The van der Waals surface area contributed by atoms with Crippen molar-refractivity contribution in [1.82, 2.24) is 15.0 Å². The Morgan fingerprint density at radius 3 is 2.50 bits per heavy atom. The molecule has 0 aliphatic rings. The standard InChI is InChI=1S/C20H19N7O2S/c1-30(28,29)19-4-5-23-11-18(19)26-13-9-14(20-17(10-13)24-6-7-25-20)12-2-3-16(27-22)15(21)8-12/h2-11,26-27H,21-22H2,1H3. The molecule has 2 aromatic carbocycles. The summed E-state index contributed by atoms with van der Waals surface area (Å²) in [5, 5.41) is 3.15. The second-order valence-corrected chi connectivity index (χ2v) is 8.65. The molecule has 0 saturated heterocycles. The number of rotatable bonds is 5. The van der Waals surface area contributed by atoms with Gasteiger partial charge in [0.15, 0.2) is 9.84 Å². The number of pyridine rings is 1. The first-order chi connectivity index (χ1) is 14.4. The molecule has 9 nitrogen and oxygen atoms in total. The Morgan fingerprint density at radius 2 is 1.77 bits per heavy atom. The van der Waals surface area contributed by atoms with E-state index in [4.69, 9.17) is 11.6 Å². The van der Waals surface area contributed by atoms with Crippen molar-refractivity contribution in [2.45, 2.75) is 4.90 Å². The molecular weight excluding hydrogens is 402 g/mol. The van der Waals surface area contributed by atoms with Gasteiger partial charge in [-0.1, -0.05) is 6.07 Å². The predicted molar refractivity (Wildman–Crippen MR) is 118 cm³/mol. The monoisotopic (exact) mass is 421 g/mol. The lowest BCUT2D eigenvalue weighted by Gasteiger charge is -2.14. The Balaban J connectivity index is 1.87. The van der Waals surface area contributed by atoms with Crippen molar-refractivity contribution in [3.8, 4) is 11.1 Å². The molecule has 0 fully saturated rings. The third-order valence-corrected chi connectivity index (χ3v) is 5.71.